The lowest BCUT2D eigenvalue weighted by Gasteiger charge is -2.09. The minimum Gasteiger partial charge on any atom is -0.456 e. The third-order valence-corrected chi connectivity index (χ3v) is 5.87. The van der Waals surface area contributed by atoms with Gasteiger partial charge in [0.2, 0.25) is 11.3 Å². The smallest absolute Gasteiger partial charge is 0.228 e. The second-order valence-corrected chi connectivity index (χ2v) is 8.01. The number of fused-ring (bicyclic) bond motifs is 3. The van der Waals surface area contributed by atoms with Gasteiger partial charge in [0.15, 0.2) is 0 Å². The van der Waals surface area contributed by atoms with Gasteiger partial charge in [-0.2, -0.15) is 0 Å². The summed E-state index contributed by atoms with van der Waals surface area (Å²) in [5.41, 5.74) is 3.11. The van der Waals surface area contributed by atoms with Crippen LogP contribution in [0.5, 0.6) is 0 Å². The van der Waals surface area contributed by atoms with Crippen LogP contribution in [0.15, 0.2) is 82.0 Å². The molecule has 4 aromatic carbocycles. The van der Waals surface area contributed by atoms with E-state index in [4.69, 9.17) is 16.0 Å². The van der Waals surface area contributed by atoms with Gasteiger partial charge in [-0.3, -0.25) is 9.59 Å². The van der Waals surface area contributed by atoms with Gasteiger partial charge in [0.1, 0.15) is 11.2 Å². The molecule has 0 aliphatic heterocycles. The molecule has 0 spiro atoms. The highest BCUT2D eigenvalue weighted by Crippen LogP contribution is 2.26. The van der Waals surface area contributed by atoms with Crippen molar-refractivity contribution < 1.29 is 9.21 Å². The molecule has 1 amide bonds. The van der Waals surface area contributed by atoms with E-state index in [1.54, 1.807) is 30.3 Å². The van der Waals surface area contributed by atoms with Crippen LogP contribution in [-0.2, 0) is 11.2 Å². The van der Waals surface area contributed by atoms with Gasteiger partial charge in [0.25, 0.3) is 0 Å². The first-order valence-electron chi connectivity index (χ1n) is 9.93. The van der Waals surface area contributed by atoms with E-state index < -0.39 is 0 Å². The summed E-state index contributed by atoms with van der Waals surface area (Å²) >= 11 is 6.17. The molecule has 1 aromatic heterocycles. The van der Waals surface area contributed by atoms with Crippen molar-refractivity contribution in [3.63, 3.8) is 0 Å². The van der Waals surface area contributed by atoms with Crippen molar-refractivity contribution in [2.24, 2.45) is 0 Å². The van der Waals surface area contributed by atoms with Crippen LogP contribution >= 0.6 is 11.6 Å². The molecule has 1 N–H and O–H groups in total. The Morgan fingerprint density at radius 2 is 1.68 bits per heavy atom. The predicted molar refractivity (Wildman–Crippen MR) is 126 cm³/mol. The molecule has 0 saturated carbocycles. The number of benzene rings is 4. The number of hydrogen-bond acceptors (Lipinski definition) is 3. The summed E-state index contributed by atoms with van der Waals surface area (Å²) in [5, 5.41) is 6.48. The maximum atomic E-state index is 12.8. The van der Waals surface area contributed by atoms with Crippen LogP contribution in [0.25, 0.3) is 32.7 Å². The maximum absolute atomic E-state index is 12.8. The third kappa shape index (κ3) is 3.56. The number of carbonyl (C=O) groups is 1. The Labute approximate surface area is 183 Å². The van der Waals surface area contributed by atoms with Gasteiger partial charge in [-0.05, 0) is 53.1 Å². The fourth-order valence-electron chi connectivity index (χ4n) is 3.88. The molecule has 0 radical (unpaired) electrons. The summed E-state index contributed by atoms with van der Waals surface area (Å²) in [5.74, 6) is -0.138. The van der Waals surface area contributed by atoms with Gasteiger partial charge < -0.3 is 9.73 Å². The summed E-state index contributed by atoms with van der Waals surface area (Å²) in [4.78, 5) is 25.5. The second kappa shape index (κ2) is 7.56. The SMILES string of the molecule is Cc1cc2oc3cc(NC(=O)Cc4cccc5ccccc45)ccc3c(=O)c2cc1Cl. The van der Waals surface area contributed by atoms with Gasteiger partial charge in [-0.15, -0.1) is 0 Å². The zero-order valence-electron chi connectivity index (χ0n) is 16.7. The Balaban J connectivity index is 1.47. The highest BCUT2D eigenvalue weighted by Gasteiger charge is 2.12. The van der Waals surface area contributed by atoms with Crippen LogP contribution in [-0.4, -0.2) is 5.91 Å². The van der Waals surface area contributed by atoms with Crippen molar-refractivity contribution in [3.05, 3.63) is 99.2 Å². The highest BCUT2D eigenvalue weighted by atomic mass is 35.5. The highest BCUT2D eigenvalue weighted by molar-refractivity contribution is 6.32. The minimum absolute atomic E-state index is 0.138. The van der Waals surface area contributed by atoms with Crippen LogP contribution in [0.1, 0.15) is 11.1 Å². The number of nitrogens with one attached hydrogen (secondary N) is 1. The number of carbonyl (C=O) groups excluding carboxylic acids is 1. The molecule has 4 nitrogen and oxygen atoms in total. The molecular formula is C26H18ClNO3. The Morgan fingerprint density at radius 1 is 0.903 bits per heavy atom. The third-order valence-electron chi connectivity index (χ3n) is 5.47. The molecule has 0 aliphatic rings. The van der Waals surface area contributed by atoms with Crippen molar-refractivity contribution in [1.82, 2.24) is 0 Å². The van der Waals surface area contributed by atoms with Gasteiger partial charge in [0, 0.05) is 16.8 Å². The van der Waals surface area contributed by atoms with Crippen molar-refractivity contribution >= 4 is 55.9 Å². The molecule has 0 aliphatic carbocycles. The Hall–Kier alpha value is -3.63. The van der Waals surface area contributed by atoms with Crippen LogP contribution in [0.3, 0.4) is 0 Å². The molecule has 0 saturated heterocycles. The van der Waals surface area contributed by atoms with Gasteiger partial charge >= 0.3 is 0 Å². The summed E-state index contributed by atoms with van der Waals surface area (Å²) in [7, 11) is 0. The lowest BCUT2D eigenvalue weighted by molar-refractivity contribution is -0.115. The molecular weight excluding hydrogens is 410 g/mol. The topological polar surface area (TPSA) is 59.3 Å². The van der Waals surface area contributed by atoms with Crippen molar-refractivity contribution in [3.8, 4) is 0 Å². The van der Waals surface area contributed by atoms with E-state index in [-0.39, 0.29) is 17.8 Å². The minimum atomic E-state index is -0.146. The quantitative estimate of drug-likeness (QED) is 0.346. The fourth-order valence-corrected chi connectivity index (χ4v) is 4.04. The molecule has 0 bridgehead atoms. The fraction of sp³-hybridized carbons (Fsp3) is 0.0769. The number of rotatable bonds is 3. The first-order valence-corrected chi connectivity index (χ1v) is 10.3. The van der Waals surface area contributed by atoms with Crippen molar-refractivity contribution in [2.75, 3.05) is 5.32 Å². The van der Waals surface area contributed by atoms with Crippen LogP contribution < -0.4 is 10.7 Å². The molecule has 1 heterocycles. The van der Waals surface area contributed by atoms with Gasteiger partial charge in [-0.1, -0.05) is 54.1 Å². The van der Waals surface area contributed by atoms with Crippen molar-refractivity contribution in [2.45, 2.75) is 13.3 Å². The average Bonchev–Trinajstić information content (AvgIpc) is 2.75. The summed E-state index contributed by atoms with van der Waals surface area (Å²) in [6.07, 6.45) is 0.249. The van der Waals surface area contributed by atoms with E-state index in [1.165, 1.54) is 0 Å². The largest absolute Gasteiger partial charge is 0.456 e. The Bertz CT molecular complexity index is 1550. The van der Waals surface area contributed by atoms with E-state index in [2.05, 4.69) is 5.32 Å². The lowest BCUT2D eigenvalue weighted by Crippen LogP contribution is -2.14. The standard InChI is InChI=1S/C26H18ClNO3/c1-15-11-23-21(14-22(15)27)26(30)20-10-9-18(13-24(20)31-23)28-25(29)12-17-7-4-6-16-5-2-3-8-19(16)17/h2-11,13-14H,12H2,1H3,(H,28,29). The zero-order valence-corrected chi connectivity index (χ0v) is 17.5. The van der Waals surface area contributed by atoms with Crippen LogP contribution in [0, 0.1) is 6.92 Å². The summed E-state index contributed by atoms with van der Waals surface area (Å²) in [6, 6.07) is 22.4. The molecule has 152 valence electrons. The van der Waals surface area contributed by atoms with Gasteiger partial charge in [-0.25, -0.2) is 0 Å². The average molecular weight is 428 g/mol. The monoisotopic (exact) mass is 427 g/mol. The number of amides is 1. The lowest BCUT2D eigenvalue weighted by atomic mass is 10.0. The van der Waals surface area contributed by atoms with E-state index in [0.29, 0.717) is 32.6 Å². The first kappa shape index (κ1) is 19.3. The molecule has 0 atom stereocenters. The van der Waals surface area contributed by atoms with Crippen LogP contribution in [0.4, 0.5) is 5.69 Å². The predicted octanol–water partition coefficient (Wildman–Crippen LogP) is 6.24. The van der Waals surface area contributed by atoms with Crippen molar-refractivity contribution in [1.29, 1.82) is 0 Å². The van der Waals surface area contributed by atoms with E-state index >= 15 is 0 Å². The molecule has 31 heavy (non-hydrogen) atoms. The van der Waals surface area contributed by atoms with E-state index in [1.807, 2.05) is 49.4 Å². The van der Waals surface area contributed by atoms with Gasteiger partial charge in [0.05, 0.1) is 17.2 Å². The number of hydrogen-bond donors (Lipinski definition) is 1. The molecule has 0 unspecified atom stereocenters. The Morgan fingerprint density at radius 3 is 2.55 bits per heavy atom. The number of aryl methyl sites for hydroxylation is 1. The number of halogens is 1. The number of anilines is 1. The molecule has 5 rings (SSSR count). The molecule has 5 aromatic rings. The van der Waals surface area contributed by atoms with Crippen LogP contribution in [0.2, 0.25) is 5.02 Å². The first-order chi connectivity index (χ1) is 15.0. The normalized spacial score (nSPS) is 11.3. The zero-order chi connectivity index (χ0) is 21.5. The Kier molecular flexibility index (Phi) is 4.72. The summed E-state index contributed by atoms with van der Waals surface area (Å²) in [6.45, 7) is 1.86. The molecule has 0 fully saturated rings. The van der Waals surface area contributed by atoms with E-state index in [9.17, 15) is 9.59 Å². The maximum Gasteiger partial charge on any atom is 0.228 e. The summed E-state index contributed by atoms with van der Waals surface area (Å²) < 4.78 is 5.95. The van der Waals surface area contributed by atoms with E-state index in [0.717, 1.165) is 21.9 Å². The second-order valence-electron chi connectivity index (χ2n) is 7.60. The molecule has 5 heteroatoms.